The number of aromatic nitrogens is 1. The first-order chi connectivity index (χ1) is 11.6. The van der Waals surface area contributed by atoms with E-state index in [1.54, 1.807) is 6.20 Å². The average molecular weight is 325 g/mol. The first-order valence-corrected chi connectivity index (χ1v) is 8.49. The van der Waals surface area contributed by atoms with E-state index in [1.165, 1.54) is 5.57 Å². The summed E-state index contributed by atoms with van der Waals surface area (Å²) in [5.74, 6) is 2.05. The lowest BCUT2D eigenvalue weighted by Gasteiger charge is -2.27. The van der Waals surface area contributed by atoms with Gasteiger partial charge >= 0.3 is 0 Å². The fraction of sp³-hybridized carbons (Fsp3) is 0.350. The van der Waals surface area contributed by atoms with Crippen molar-refractivity contribution in [2.45, 2.75) is 20.8 Å². The summed E-state index contributed by atoms with van der Waals surface area (Å²) in [6.45, 7) is 8.23. The summed E-state index contributed by atoms with van der Waals surface area (Å²) < 4.78 is 5.88. The highest BCUT2D eigenvalue weighted by molar-refractivity contribution is 5.66. The van der Waals surface area contributed by atoms with Crippen LogP contribution in [0.5, 0.6) is 11.5 Å². The standard InChI is InChI=1S/C18H21N3O.C2H6/c1-13-8-14(12-21(2)11-13)18-10-17(6-7-20-18)22-16-5-3-4-15(19)9-16;1-2/h3-10,13H,11-12,19H2,1-2H3;1-2H3. The van der Waals surface area contributed by atoms with Crippen LogP contribution in [0.1, 0.15) is 26.5 Å². The van der Waals surface area contributed by atoms with Crippen molar-refractivity contribution in [1.82, 2.24) is 9.88 Å². The van der Waals surface area contributed by atoms with Crippen LogP contribution in [0, 0.1) is 5.92 Å². The van der Waals surface area contributed by atoms with E-state index >= 15 is 0 Å². The Morgan fingerprint density at radius 3 is 2.62 bits per heavy atom. The minimum absolute atomic E-state index is 0.536. The van der Waals surface area contributed by atoms with E-state index in [-0.39, 0.29) is 0 Å². The number of likely N-dealkylation sites (N-methyl/N-ethyl adjacent to an activating group) is 1. The minimum atomic E-state index is 0.536. The molecule has 128 valence electrons. The molecule has 1 unspecified atom stereocenters. The minimum Gasteiger partial charge on any atom is -0.457 e. The molecule has 1 atom stereocenters. The number of pyridine rings is 1. The molecule has 0 aliphatic carbocycles. The van der Waals surface area contributed by atoms with Gasteiger partial charge in [0.2, 0.25) is 0 Å². The zero-order chi connectivity index (χ0) is 17.5. The molecule has 2 aromatic rings. The molecule has 3 rings (SSSR count). The molecule has 0 saturated carbocycles. The van der Waals surface area contributed by atoms with Gasteiger partial charge in [0.25, 0.3) is 0 Å². The molecule has 1 aliphatic heterocycles. The molecule has 0 amide bonds. The van der Waals surface area contributed by atoms with Crippen molar-refractivity contribution in [2.24, 2.45) is 5.92 Å². The molecular weight excluding hydrogens is 298 g/mol. The van der Waals surface area contributed by atoms with Crippen molar-refractivity contribution in [3.63, 3.8) is 0 Å². The molecule has 24 heavy (non-hydrogen) atoms. The Morgan fingerprint density at radius 2 is 1.92 bits per heavy atom. The summed E-state index contributed by atoms with van der Waals surface area (Å²) in [6.07, 6.45) is 4.09. The third-order valence-electron chi connectivity index (χ3n) is 3.68. The molecular formula is C20H27N3O. The van der Waals surface area contributed by atoms with E-state index in [1.807, 2.05) is 50.2 Å². The summed E-state index contributed by atoms with van der Waals surface area (Å²) in [6, 6.07) is 11.3. The molecule has 4 nitrogen and oxygen atoms in total. The lowest BCUT2D eigenvalue weighted by molar-refractivity contribution is 0.329. The van der Waals surface area contributed by atoms with E-state index in [2.05, 4.69) is 29.9 Å². The second kappa shape index (κ2) is 8.50. The predicted molar refractivity (Wildman–Crippen MR) is 101 cm³/mol. The maximum absolute atomic E-state index is 5.88. The quantitative estimate of drug-likeness (QED) is 0.847. The number of ether oxygens (including phenoxy) is 1. The Bertz CT molecular complexity index is 697. The van der Waals surface area contributed by atoms with Crippen LogP contribution in [0.4, 0.5) is 5.69 Å². The Labute approximate surface area is 145 Å². The van der Waals surface area contributed by atoms with Gasteiger partial charge in [0, 0.05) is 37.1 Å². The van der Waals surface area contributed by atoms with Gasteiger partial charge in [-0.2, -0.15) is 0 Å². The van der Waals surface area contributed by atoms with Crippen LogP contribution in [0.15, 0.2) is 48.7 Å². The molecule has 1 aromatic heterocycles. The number of rotatable bonds is 3. The van der Waals surface area contributed by atoms with E-state index in [9.17, 15) is 0 Å². The number of benzene rings is 1. The zero-order valence-electron chi connectivity index (χ0n) is 15.0. The second-order valence-electron chi connectivity index (χ2n) is 5.92. The second-order valence-corrected chi connectivity index (χ2v) is 5.92. The topological polar surface area (TPSA) is 51.4 Å². The van der Waals surface area contributed by atoms with E-state index in [0.717, 1.165) is 30.3 Å². The molecule has 0 saturated heterocycles. The SMILES string of the molecule is CC.CC1C=C(c2cc(Oc3cccc(N)c3)ccn2)CN(C)C1. The van der Waals surface area contributed by atoms with Crippen molar-refractivity contribution < 1.29 is 4.74 Å². The molecule has 1 aliphatic rings. The summed E-state index contributed by atoms with van der Waals surface area (Å²) in [5.41, 5.74) is 8.70. The van der Waals surface area contributed by atoms with E-state index < -0.39 is 0 Å². The highest BCUT2D eigenvalue weighted by atomic mass is 16.5. The highest BCUT2D eigenvalue weighted by Crippen LogP contribution is 2.27. The van der Waals surface area contributed by atoms with Crippen LogP contribution in [0.2, 0.25) is 0 Å². The van der Waals surface area contributed by atoms with Gasteiger partial charge in [-0.1, -0.05) is 32.9 Å². The number of nitrogens with two attached hydrogens (primary N) is 1. The van der Waals surface area contributed by atoms with Gasteiger partial charge in [0.05, 0.1) is 5.69 Å². The number of anilines is 1. The normalized spacial score (nSPS) is 17.5. The third kappa shape index (κ3) is 4.83. The predicted octanol–water partition coefficient (Wildman–Crippen LogP) is 4.45. The average Bonchev–Trinajstić information content (AvgIpc) is 2.56. The highest BCUT2D eigenvalue weighted by Gasteiger charge is 2.16. The number of hydrogen-bond donors (Lipinski definition) is 1. The smallest absolute Gasteiger partial charge is 0.131 e. The fourth-order valence-electron chi connectivity index (χ4n) is 2.83. The van der Waals surface area contributed by atoms with Crippen LogP contribution in [-0.2, 0) is 0 Å². The van der Waals surface area contributed by atoms with Gasteiger partial charge in [0.15, 0.2) is 0 Å². The van der Waals surface area contributed by atoms with Gasteiger partial charge < -0.3 is 15.4 Å². The Balaban J connectivity index is 0.00000100. The van der Waals surface area contributed by atoms with Crippen molar-refractivity contribution in [3.8, 4) is 11.5 Å². The molecule has 0 fully saturated rings. The van der Waals surface area contributed by atoms with Crippen LogP contribution in [0.3, 0.4) is 0 Å². The van der Waals surface area contributed by atoms with Gasteiger partial charge in [-0.25, -0.2) is 0 Å². The monoisotopic (exact) mass is 325 g/mol. The number of hydrogen-bond acceptors (Lipinski definition) is 4. The van der Waals surface area contributed by atoms with E-state index in [0.29, 0.717) is 11.6 Å². The summed E-state index contributed by atoms with van der Waals surface area (Å²) in [5, 5.41) is 0. The molecule has 0 bridgehead atoms. The zero-order valence-corrected chi connectivity index (χ0v) is 15.0. The van der Waals surface area contributed by atoms with Gasteiger partial charge in [-0.15, -0.1) is 0 Å². The van der Waals surface area contributed by atoms with Crippen molar-refractivity contribution in [2.75, 3.05) is 25.9 Å². The Hall–Kier alpha value is -2.33. The Morgan fingerprint density at radius 1 is 1.17 bits per heavy atom. The van der Waals surface area contributed by atoms with Crippen LogP contribution < -0.4 is 10.5 Å². The van der Waals surface area contributed by atoms with Gasteiger partial charge in [-0.3, -0.25) is 4.98 Å². The molecule has 1 aromatic carbocycles. The van der Waals surface area contributed by atoms with Gasteiger partial charge in [0.1, 0.15) is 11.5 Å². The van der Waals surface area contributed by atoms with Gasteiger partial charge in [-0.05, 0) is 36.7 Å². The van der Waals surface area contributed by atoms with E-state index in [4.69, 9.17) is 10.5 Å². The van der Waals surface area contributed by atoms with Crippen molar-refractivity contribution in [3.05, 3.63) is 54.4 Å². The maximum atomic E-state index is 5.88. The third-order valence-corrected chi connectivity index (χ3v) is 3.68. The van der Waals surface area contributed by atoms with Crippen molar-refractivity contribution in [1.29, 1.82) is 0 Å². The van der Waals surface area contributed by atoms with Crippen LogP contribution in [0.25, 0.3) is 5.57 Å². The number of nitrogen functional groups attached to an aromatic ring is 1. The summed E-state index contributed by atoms with van der Waals surface area (Å²) in [4.78, 5) is 6.80. The lowest BCUT2D eigenvalue weighted by atomic mass is 9.99. The molecule has 0 spiro atoms. The summed E-state index contributed by atoms with van der Waals surface area (Å²) in [7, 11) is 2.14. The van der Waals surface area contributed by atoms with Crippen molar-refractivity contribution >= 4 is 11.3 Å². The number of nitrogens with zero attached hydrogens (tertiary/aromatic N) is 2. The molecule has 2 heterocycles. The maximum Gasteiger partial charge on any atom is 0.131 e. The lowest BCUT2D eigenvalue weighted by Crippen LogP contribution is -2.29. The first-order valence-electron chi connectivity index (χ1n) is 8.49. The Kier molecular flexibility index (Phi) is 6.38. The molecule has 2 N–H and O–H groups in total. The first kappa shape index (κ1) is 18.0. The van der Waals surface area contributed by atoms with Crippen LogP contribution in [-0.4, -0.2) is 30.0 Å². The summed E-state index contributed by atoms with van der Waals surface area (Å²) >= 11 is 0. The largest absolute Gasteiger partial charge is 0.457 e. The molecule has 4 heteroatoms. The van der Waals surface area contributed by atoms with Crippen LogP contribution >= 0.6 is 0 Å². The fourth-order valence-corrected chi connectivity index (χ4v) is 2.83. The molecule has 0 radical (unpaired) electrons.